The van der Waals surface area contributed by atoms with Crippen molar-refractivity contribution in [1.82, 2.24) is 4.90 Å². The fraction of sp³-hybridized carbons (Fsp3) is 0.167. The molecule has 4 rings (SSSR count). The highest BCUT2D eigenvalue weighted by molar-refractivity contribution is 6.45. The minimum absolute atomic E-state index is 0.0877. The summed E-state index contributed by atoms with van der Waals surface area (Å²) < 4.78 is 0. The van der Waals surface area contributed by atoms with Gasteiger partial charge in [0.2, 0.25) is 0 Å². The van der Waals surface area contributed by atoms with Gasteiger partial charge in [0.05, 0.1) is 15.6 Å². The maximum absolute atomic E-state index is 13.3. The first-order valence-electron chi connectivity index (χ1n) is 9.98. The van der Waals surface area contributed by atoms with Crippen LogP contribution in [-0.4, -0.2) is 36.9 Å². The van der Waals surface area contributed by atoms with Crippen molar-refractivity contribution < 1.29 is 9.59 Å². The van der Waals surface area contributed by atoms with Gasteiger partial charge in [-0.3, -0.25) is 9.59 Å². The second-order valence-corrected chi connectivity index (χ2v) is 8.83. The van der Waals surface area contributed by atoms with Crippen molar-refractivity contribution in [3.05, 3.63) is 92.4 Å². The van der Waals surface area contributed by atoms with Crippen molar-refractivity contribution in [2.24, 2.45) is 0 Å². The number of nitrogens with one attached hydrogen (secondary N) is 1. The Hall–Kier alpha value is -2.57. The fourth-order valence-corrected chi connectivity index (χ4v) is 4.34. The molecule has 3 aromatic rings. The topological polar surface area (TPSA) is 52.6 Å². The second-order valence-electron chi connectivity index (χ2n) is 7.60. The lowest BCUT2D eigenvalue weighted by Gasteiger charge is -2.23. The summed E-state index contributed by atoms with van der Waals surface area (Å²) in [6.45, 7) is 2.16. The highest BCUT2D eigenvalue weighted by Crippen LogP contribution is 2.30. The number of hydrogen-bond acceptors (Lipinski definition) is 3. The van der Waals surface area contributed by atoms with Crippen LogP contribution in [0.15, 0.2) is 60.7 Å². The Morgan fingerprint density at radius 1 is 0.938 bits per heavy atom. The number of likely N-dealkylation sites (N-methyl/N-ethyl adjacent to an activating group) is 1. The lowest BCUT2D eigenvalue weighted by Crippen LogP contribution is -2.35. The van der Waals surface area contributed by atoms with Gasteiger partial charge in [-0.2, -0.15) is 0 Å². The molecule has 1 aliphatic heterocycles. The summed E-state index contributed by atoms with van der Waals surface area (Å²) in [7, 11) is 2.04. The highest BCUT2D eigenvalue weighted by atomic mass is 35.5. The molecule has 0 saturated heterocycles. The number of carbonyl (C=O) groups excluding carboxylic acids is 2. The summed E-state index contributed by atoms with van der Waals surface area (Å²) in [5, 5.41) is 3.40. The van der Waals surface area contributed by atoms with Crippen molar-refractivity contribution in [3.63, 3.8) is 0 Å². The summed E-state index contributed by atoms with van der Waals surface area (Å²) in [6.07, 6.45) is 0. The molecule has 0 aliphatic carbocycles. The number of para-hydroxylation sites is 1. The Labute approximate surface area is 201 Å². The molecule has 0 unspecified atom stereocenters. The molecule has 3 aromatic carbocycles. The molecule has 0 fully saturated rings. The Kier molecular flexibility index (Phi) is 6.72. The van der Waals surface area contributed by atoms with Gasteiger partial charge in [-0.05, 0) is 55.1 Å². The largest absolute Gasteiger partial charge is 0.322 e. The van der Waals surface area contributed by atoms with E-state index in [0.29, 0.717) is 22.8 Å². The molecule has 0 atom stereocenters. The average molecular weight is 489 g/mol. The maximum Gasteiger partial charge on any atom is 0.258 e. The van der Waals surface area contributed by atoms with E-state index >= 15 is 0 Å². The molecule has 2 amide bonds. The predicted octanol–water partition coefficient (Wildman–Crippen LogP) is 5.99. The van der Waals surface area contributed by atoms with Gasteiger partial charge in [0.25, 0.3) is 11.8 Å². The molecule has 32 heavy (non-hydrogen) atoms. The average Bonchev–Trinajstić information content (AvgIpc) is 2.94. The van der Waals surface area contributed by atoms with Crippen molar-refractivity contribution in [2.45, 2.75) is 6.54 Å². The minimum Gasteiger partial charge on any atom is -0.322 e. The Morgan fingerprint density at radius 3 is 2.41 bits per heavy atom. The van der Waals surface area contributed by atoms with Crippen molar-refractivity contribution in [3.8, 4) is 0 Å². The van der Waals surface area contributed by atoms with Gasteiger partial charge in [0, 0.05) is 41.6 Å². The first kappa shape index (κ1) is 22.6. The Balaban J connectivity index is 1.53. The van der Waals surface area contributed by atoms with Crippen LogP contribution in [0.5, 0.6) is 0 Å². The van der Waals surface area contributed by atoms with Crippen LogP contribution in [0.1, 0.15) is 26.3 Å². The van der Waals surface area contributed by atoms with Crippen LogP contribution in [-0.2, 0) is 6.54 Å². The number of halogens is 3. The minimum atomic E-state index is -0.442. The van der Waals surface area contributed by atoms with Crippen LogP contribution in [0.3, 0.4) is 0 Å². The third kappa shape index (κ3) is 4.76. The number of fused-ring (bicyclic) bond motifs is 1. The summed E-state index contributed by atoms with van der Waals surface area (Å²) >= 11 is 18.1. The Morgan fingerprint density at radius 2 is 1.66 bits per heavy atom. The van der Waals surface area contributed by atoms with Crippen molar-refractivity contribution >= 4 is 58.0 Å². The van der Waals surface area contributed by atoms with Gasteiger partial charge in [-0.15, -0.1) is 0 Å². The molecule has 5 nitrogen and oxygen atoms in total. The zero-order chi connectivity index (χ0) is 22.8. The molecule has 0 spiro atoms. The monoisotopic (exact) mass is 487 g/mol. The molecule has 1 heterocycles. The van der Waals surface area contributed by atoms with Crippen LogP contribution < -0.4 is 10.2 Å². The summed E-state index contributed by atoms with van der Waals surface area (Å²) in [5.41, 5.74) is 3.27. The molecule has 1 N–H and O–H groups in total. The van der Waals surface area contributed by atoms with Crippen LogP contribution in [0.25, 0.3) is 0 Å². The van der Waals surface area contributed by atoms with E-state index in [9.17, 15) is 9.59 Å². The van der Waals surface area contributed by atoms with E-state index in [4.69, 9.17) is 34.8 Å². The summed E-state index contributed by atoms with van der Waals surface area (Å²) in [5.74, 6) is -0.529. The third-order valence-electron chi connectivity index (χ3n) is 5.30. The summed E-state index contributed by atoms with van der Waals surface area (Å²) in [6, 6.07) is 17.6. The smallest absolute Gasteiger partial charge is 0.258 e. The normalized spacial score (nSPS) is 13.9. The highest BCUT2D eigenvalue weighted by Gasteiger charge is 2.24. The van der Waals surface area contributed by atoms with Crippen LogP contribution in [0, 0.1) is 0 Å². The van der Waals surface area contributed by atoms with Crippen LogP contribution in [0.2, 0.25) is 15.1 Å². The SMILES string of the molecule is CN1CCN(C(=O)c2ccc(NC(=O)c3cc(Cl)cc(Cl)c3Cl)cc2)c2ccccc2C1. The molecule has 1 aliphatic rings. The number of nitrogens with zero attached hydrogens (tertiary/aromatic N) is 2. The fourth-order valence-electron chi connectivity index (χ4n) is 3.65. The first-order chi connectivity index (χ1) is 15.3. The van der Waals surface area contributed by atoms with Gasteiger partial charge >= 0.3 is 0 Å². The standard InChI is InChI=1S/C24H20Cl3N3O2/c1-29-10-11-30(21-5-3-2-4-16(21)14-29)24(32)15-6-8-18(9-7-15)28-23(31)19-12-17(25)13-20(26)22(19)27/h2-9,12-13H,10-11,14H2,1H3,(H,28,31). The van der Waals surface area contributed by atoms with Crippen LogP contribution >= 0.6 is 34.8 Å². The summed E-state index contributed by atoms with van der Waals surface area (Å²) in [4.78, 5) is 29.9. The molecule has 0 aromatic heterocycles. The lowest BCUT2D eigenvalue weighted by atomic mass is 10.1. The van der Waals surface area contributed by atoms with E-state index < -0.39 is 5.91 Å². The van der Waals surface area contributed by atoms with E-state index in [2.05, 4.69) is 10.2 Å². The van der Waals surface area contributed by atoms with E-state index in [-0.39, 0.29) is 21.5 Å². The second kappa shape index (κ2) is 9.51. The number of amides is 2. The van der Waals surface area contributed by atoms with Crippen LogP contribution in [0.4, 0.5) is 11.4 Å². The van der Waals surface area contributed by atoms with E-state index in [1.54, 1.807) is 29.2 Å². The van der Waals surface area contributed by atoms with Crippen molar-refractivity contribution in [1.29, 1.82) is 0 Å². The lowest BCUT2D eigenvalue weighted by molar-refractivity contribution is 0.0984. The number of hydrogen-bond donors (Lipinski definition) is 1. The number of rotatable bonds is 3. The molecule has 0 bridgehead atoms. The van der Waals surface area contributed by atoms with Gasteiger partial charge < -0.3 is 15.1 Å². The van der Waals surface area contributed by atoms with Crippen molar-refractivity contribution in [2.75, 3.05) is 30.4 Å². The van der Waals surface area contributed by atoms with Gasteiger partial charge in [-0.25, -0.2) is 0 Å². The van der Waals surface area contributed by atoms with E-state index in [1.807, 2.05) is 31.3 Å². The maximum atomic E-state index is 13.3. The number of carbonyl (C=O) groups is 2. The molecule has 8 heteroatoms. The van der Waals surface area contributed by atoms with Gasteiger partial charge in [0.1, 0.15) is 0 Å². The first-order valence-corrected chi connectivity index (χ1v) is 11.1. The Bertz CT molecular complexity index is 1180. The van der Waals surface area contributed by atoms with E-state index in [1.165, 1.54) is 12.1 Å². The molecule has 0 radical (unpaired) electrons. The predicted molar refractivity (Wildman–Crippen MR) is 130 cm³/mol. The van der Waals surface area contributed by atoms with E-state index in [0.717, 1.165) is 24.3 Å². The molecular formula is C24H20Cl3N3O2. The van der Waals surface area contributed by atoms with Gasteiger partial charge in [-0.1, -0.05) is 53.0 Å². The number of benzene rings is 3. The molecular weight excluding hydrogens is 469 g/mol. The molecule has 0 saturated carbocycles. The third-order valence-corrected chi connectivity index (χ3v) is 6.32. The zero-order valence-corrected chi connectivity index (χ0v) is 19.5. The number of anilines is 2. The quantitative estimate of drug-likeness (QED) is 0.461. The van der Waals surface area contributed by atoms with Gasteiger partial charge in [0.15, 0.2) is 0 Å². The molecule has 164 valence electrons. The zero-order valence-electron chi connectivity index (χ0n) is 17.2.